The molecular weight excluding hydrogens is 174 g/mol. The Labute approximate surface area is 82.5 Å². The van der Waals surface area contributed by atoms with Gasteiger partial charge in [0, 0.05) is 11.6 Å². The fourth-order valence-corrected chi connectivity index (χ4v) is 1.36. The molecule has 69 valence electrons. The molecule has 1 heterocycles. The SMILES string of the molecule is [O]C/C=C/c1cnc2ccccc2c1. The lowest BCUT2D eigenvalue weighted by molar-refractivity contribution is 0.233. The van der Waals surface area contributed by atoms with Crippen LogP contribution in [0.15, 0.2) is 42.6 Å². The summed E-state index contributed by atoms with van der Waals surface area (Å²) in [6.45, 7) is -0.188. The van der Waals surface area contributed by atoms with Gasteiger partial charge in [-0.05, 0) is 17.7 Å². The van der Waals surface area contributed by atoms with E-state index in [0.29, 0.717) is 0 Å². The smallest absolute Gasteiger partial charge is 0.101 e. The van der Waals surface area contributed by atoms with Crippen LogP contribution in [-0.4, -0.2) is 11.6 Å². The lowest BCUT2D eigenvalue weighted by Crippen LogP contribution is -1.80. The van der Waals surface area contributed by atoms with Crippen LogP contribution in [0.1, 0.15) is 5.56 Å². The summed E-state index contributed by atoms with van der Waals surface area (Å²) in [6.07, 6.45) is 5.16. The Morgan fingerprint density at radius 1 is 1.29 bits per heavy atom. The van der Waals surface area contributed by atoms with Crippen LogP contribution < -0.4 is 0 Å². The molecule has 0 bridgehead atoms. The topological polar surface area (TPSA) is 32.8 Å². The molecule has 0 unspecified atom stereocenters. The predicted octanol–water partition coefficient (Wildman–Crippen LogP) is 2.68. The molecule has 2 aromatic rings. The molecule has 0 spiro atoms. The number of pyridine rings is 1. The summed E-state index contributed by atoms with van der Waals surface area (Å²) in [5.41, 5.74) is 1.95. The molecule has 2 heteroatoms. The second-order valence-electron chi connectivity index (χ2n) is 3.03. The minimum Gasteiger partial charge on any atom is -0.256 e. The zero-order valence-corrected chi connectivity index (χ0v) is 7.68. The van der Waals surface area contributed by atoms with Gasteiger partial charge in [0.1, 0.15) is 6.61 Å². The van der Waals surface area contributed by atoms with Gasteiger partial charge in [0.15, 0.2) is 0 Å². The average molecular weight is 184 g/mol. The van der Waals surface area contributed by atoms with Crippen LogP contribution in [0, 0.1) is 0 Å². The third-order valence-corrected chi connectivity index (χ3v) is 2.02. The molecule has 2 nitrogen and oxygen atoms in total. The van der Waals surface area contributed by atoms with Crippen molar-refractivity contribution in [3.8, 4) is 0 Å². The highest BCUT2D eigenvalue weighted by atomic mass is 16.2. The third-order valence-electron chi connectivity index (χ3n) is 2.02. The van der Waals surface area contributed by atoms with Crippen molar-refractivity contribution in [3.63, 3.8) is 0 Å². The van der Waals surface area contributed by atoms with E-state index in [1.807, 2.05) is 30.3 Å². The third kappa shape index (κ3) is 1.80. The molecule has 1 aromatic carbocycles. The number of nitrogens with zero attached hydrogens (tertiary/aromatic N) is 1. The van der Waals surface area contributed by atoms with E-state index in [1.54, 1.807) is 18.3 Å². The van der Waals surface area contributed by atoms with Gasteiger partial charge in [-0.2, -0.15) is 0 Å². The van der Waals surface area contributed by atoms with Crippen molar-refractivity contribution in [2.24, 2.45) is 0 Å². The van der Waals surface area contributed by atoms with Crippen LogP contribution >= 0.6 is 0 Å². The van der Waals surface area contributed by atoms with Crippen LogP contribution in [0.2, 0.25) is 0 Å². The lowest BCUT2D eigenvalue weighted by atomic mass is 10.1. The highest BCUT2D eigenvalue weighted by molar-refractivity contribution is 5.80. The van der Waals surface area contributed by atoms with Crippen LogP contribution in [0.5, 0.6) is 0 Å². The molecule has 0 saturated carbocycles. The van der Waals surface area contributed by atoms with Crippen LogP contribution in [-0.2, 0) is 5.11 Å². The maximum atomic E-state index is 10.3. The molecule has 14 heavy (non-hydrogen) atoms. The van der Waals surface area contributed by atoms with Gasteiger partial charge in [0.25, 0.3) is 0 Å². The molecule has 0 amide bonds. The molecule has 0 saturated heterocycles. The molecule has 1 aromatic heterocycles. The van der Waals surface area contributed by atoms with Crippen molar-refractivity contribution in [1.29, 1.82) is 0 Å². The minimum absolute atomic E-state index is 0.188. The largest absolute Gasteiger partial charge is 0.256 e. The van der Waals surface area contributed by atoms with Crippen molar-refractivity contribution >= 4 is 17.0 Å². The fourth-order valence-electron chi connectivity index (χ4n) is 1.36. The molecule has 2 rings (SSSR count). The van der Waals surface area contributed by atoms with E-state index < -0.39 is 0 Å². The van der Waals surface area contributed by atoms with E-state index >= 15 is 0 Å². The molecule has 0 aliphatic carbocycles. The number of rotatable bonds is 2. The molecule has 0 fully saturated rings. The predicted molar refractivity (Wildman–Crippen MR) is 56.3 cm³/mol. The molecule has 0 aliphatic heterocycles. The summed E-state index contributed by atoms with van der Waals surface area (Å²) >= 11 is 0. The Kier molecular flexibility index (Phi) is 2.56. The van der Waals surface area contributed by atoms with E-state index in [0.717, 1.165) is 16.5 Å². The minimum atomic E-state index is -0.188. The summed E-state index contributed by atoms with van der Waals surface area (Å²) in [7, 11) is 0. The molecule has 0 N–H and O–H groups in total. The maximum absolute atomic E-state index is 10.3. The Balaban J connectivity index is 2.46. The summed E-state index contributed by atoms with van der Waals surface area (Å²) in [6, 6.07) is 9.94. The second kappa shape index (κ2) is 4.03. The quantitative estimate of drug-likeness (QED) is 0.706. The first-order valence-electron chi connectivity index (χ1n) is 4.49. The summed E-state index contributed by atoms with van der Waals surface area (Å²) in [4.78, 5) is 4.28. The highest BCUT2D eigenvalue weighted by Gasteiger charge is 1.93. The maximum Gasteiger partial charge on any atom is 0.101 e. The normalized spacial score (nSPS) is 11.2. The van der Waals surface area contributed by atoms with Crippen molar-refractivity contribution in [2.75, 3.05) is 6.61 Å². The molecular formula is C12H10NO. The van der Waals surface area contributed by atoms with Gasteiger partial charge in [0.05, 0.1) is 5.52 Å². The lowest BCUT2D eigenvalue weighted by Gasteiger charge is -1.97. The van der Waals surface area contributed by atoms with Crippen molar-refractivity contribution < 1.29 is 5.11 Å². The van der Waals surface area contributed by atoms with E-state index in [1.165, 1.54) is 0 Å². The van der Waals surface area contributed by atoms with Crippen molar-refractivity contribution in [2.45, 2.75) is 0 Å². The Hall–Kier alpha value is -1.67. The molecule has 0 atom stereocenters. The van der Waals surface area contributed by atoms with Crippen molar-refractivity contribution in [3.05, 3.63) is 48.2 Å². The van der Waals surface area contributed by atoms with Crippen LogP contribution in [0.25, 0.3) is 17.0 Å². The van der Waals surface area contributed by atoms with E-state index in [-0.39, 0.29) is 6.61 Å². The molecule has 0 aliphatic rings. The number of aromatic nitrogens is 1. The van der Waals surface area contributed by atoms with Crippen molar-refractivity contribution in [1.82, 2.24) is 4.98 Å². The fraction of sp³-hybridized carbons (Fsp3) is 0.0833. The number of benzene rings is 1. The number of hydrogen-bond donors (Lipinski definition) is 0. The Morgan fingerprint density at radius 3 is 3.00 bits per heavy atom. The number of fused-ring (bicyclic) bond motifs is 1. The zero-order chi connectivity index (χ0) is 9.80. The first-order chi connectivity index (χ1) is 6.90. The van der Waals surface area contributed by atoms with E-state index in [4.69, 9.17) is 0 Å². The summed E-state index contributed by atoms with van der Waals surface area (Å²) in [5, 5.41) is 11.4. The van der Waals surface area contributed by atoms with Gasteiger partial charge in [0.2, 0.25) is 0 Å². The standard InChI is InChI=1S/C12H10NO/c14-7-3-4-10-8-11-5-1-2-6-12(11)13-9-10/h1-6,8-9H,7H2/b4-3+. The average Bonchev–Trinajstić information content (AvgIpc) is 2.26. The van der Waals surface area contributed by atoms with Gasteiger partial charge in [-0.25, -0.2) is 5.11 Å². The monoisotopic (exact) mass is 184 g/mol. The van der Waals surface area contributed by atoms with Gasteiger partial charge >= 0.3 is 0 Å². The first kappa shape index (κ1) is 8.91. The second-order valence-corrected chi connectivity index (χ2v) is 3.03. The summed E-state index contributed by atoms with van der Waals surface area (Å²) in [5.74, 6) is 0. The Bertz CT molecular complexity index is 463. The highest BCUT2D eigenvalue weighted by Crippen LogP contribution is 2.13. The van der Waals surface area contributed by atoms with Gasteiger partial charge in [-0.3, -0.25) is 4.98 Å². The van der Waals surface area contributed by atoms with Gasteiger partial charge in [-0.15, -0.1) is 0 Å². The molecule has 1 radical (unpaired) electrons. The van der Waals surface area contributed by atoms with Gasteiger partial charge in [-0.1, -0.05) is 30.4 Å². The zero-order valence-electron chi connectivity index (χ0n) is 7.68. The first-order valence-corrected chi connectivity index (χ1v) is 4.49. The van der Waals surface area contributed by atoms with E-state index in [9.17, 15) is 5.11 Å². The van der Waals surface area contributed by atoms with Crippen LogP contribution in [0.4, 0.5) is 0 Å². The number of hydrogen-bond acceptors (Lipinski definition) is 1. The Morgan fingerprint density at radius 2 is 2.14 bits per heavy atom. The summed E-state index contributed by atoms with van der Waals surface area (Å²) < 4.78 is 0. The van der Waals surface area contributed by atoms with Gasteiger partial charge < -0.3 is 0 Å². The van der Waals surface area contributed by atoms with E-state index in [2.05, 4.69) is 4.98 Å². The number of para-hydroxylation sites is 1. The van der Waals surface area contributed by atoms with Crippen LogP contribution in [0.3, 0.4) is 0 Å².